The highest BCUT2D eigenvalue weighted by atomic mass is 79.9. The van der Waals surface area contributed by atoms with Crippen molar-refractivity contribution in [2.75, 3.05) is 5.32 Å². The smallest absolute Gasteiger partial charge is 0.191 e. The Balaban J connectivity index is 0.00000121. The maximum Gasteiger partial charge on any atom is 0.191 e. The Morgan fingerprint density at radius 3 is 2.64 bits per heavy atom. The molecule has 3 rings (SSSR count). The second kappa shape index (κ2) is 7.73. The molecule has 1 aromatic carbocycles. The number of guanidine groups is 1. The summed E-state index contributed by atoms with van der Waals surface area (Å²) in [6, 6.07) is 7.86. The number of nitrogens with zero attached hydrogens (tertiary/aromatic N) is 2. The molecule has 0 aliphatic heterocycles. The molecular formula is C13H12BrCl2N5S. The van der Waals surface area contributed by atoms with Crippen LogP contribution in [0.4, 0.5) is 5.82 Å². The van der Waals surface area contributed by atoms with Crippen molar-refractivity contribution < 1.29 is 0 Å². The van der Waals surface area contributed by atoms with E-state index in [1.54, 1.807) is 11.3 Å². The molecule has 3 aromatic rings. The van der Waals surface area contributed by atoms with Gasteiger partial charge in [-0.1, -0.05) is 28.1 Å². The quantitative estimate of drug-likeness (QED) is 0.426. The lowest BCUT2D eigenvalue weighted by molar-refractivity contribution is 1.06. The van der Waals surface area contributed by atoms with Gasteiger partial charge in [0.1, 0.15) is 5.69 Å². The second-order valence-electron chi connectivity index (χ2n) is 4.11. The average molecular weight is 421 g/mol. The van der Waals surface area contributed by atoms with Gasteiger partial charge >= 0.3 is 0 Å². The van der Waals surface area contributed by atoms with Gasteiger partial charge in [0.2, 0.25) is 0 Å². The Hall–Kier alpha value is -1.41. The number of anilines is 1. The van der Waals surface area contributed by atoms with Crippen molar-refractivity contribution >= 4 is 74.6 Å². The third-order valence-electron chi connectivity index (χ3n) is 2.80. The van der Waals surface area contributed by atoms with E-state index in [1.165, 1.54) is 0 Å². The van der Waals surface area contributed by atoms with Crippen LogP contribution >= 0.6 is 52.1 Å². The van der Waals surface area contributed by atoms with Crippen LogP contribution in [-0.2, 0) is 0 Å². The summed E-state index contributed by atoms with van der Waals surface area (Å²) in [5, 5.41) is 24.3. The third kappa shape index (κ3) is 3.49. The third-order valence-corrected chi connectivity index (χ3v) is 4.15. The molecule has 116 valence electrons. The molecule has 4 N–H and O–H groups in total. The highest BCUT2D eigenvalue weighted by molar-refractivity contribution is 9.10. The largest absolute Gasteiger partial charge is 0.370 e. The van der Waals surface area contributed by atoms with Crippen LogP contribution in [0.5, 0.6) is 0 Å². The zero-order chi connectivity index (χ0) is 14.1. The van der Waals surface area contributed by atoms with Crippen molar-refractivity contribution in [3.8, 4) is 11.3 Å². The number of fused-ring (bicyclic) bond motifs is 1. The lowest BCUT2D eigenvalue weighted by Gasteiger charge is -2.10. The predicted molar refractivity (Wildman–Crippen MR) is 101 cm³/mol. The van der Waals surface area contributed by atoms with Crippen molar-refractivity contribution in [2.24, 2.45) is 5.73 Å². The van der Waals surface area contributed by atoms with E-state index in [-0.39, 0.29) is 30.8 Å². The van der Waals surface area contributed by atoms with Gasteiger partial charge in [0.15, 0.2) is 11.8 Å². The number of hydrogen-bond donors (Lipinski definition) is 3. The lowest BCUT2D eigenvalue weighted by Crippen LogP contribution is -2.21. The second-order valence-corrected chi connectivity index (χ2v) is 5.74. The van der Waals surface area contributed by atoms with Crippen molar-refractivity contribution in [1.29, 1.82) is 5.41 Å². The zero-order valence-electron chi connectivity index (χ0n) is 11.0. The SMILES string of the molecule is Cl.Cl.N=C(N)Nc1nnc(-c2ccsc2)c2cccc(Br)c12. The number of nitrogens with one attached hydrogen (secondary N) is 2. The predicted octanol–water partition coefficient (Wildman–Crippen LogP) is 4.27. The van der Waals surface area contributed by atoms with Crippen LogP contribution in [0.25, 0.3) is 22.0 Å². The number of aromatic nitrogens is 2. The molecule has 0 bridgehead atoms. The van der Waals surface area contributed by atoms with Crippen molar-refractivity contribution in [2.45, 2.75) is 0 Å². The maximum absolute atomic E-state index is 7.36. The van der Waals surface area contributed by atoms with Crippen LogP contribution in [0.2, 0.25) is 0 Å². The topological polar surface area (TPSA) is 87.7 Å². The summed E-state index contributed by atoms with van der Waals surface area (Å²) in [4.78, 5) is 0. The van der Waals surface area contributed by atoms with Crippen molar-refractivity contribution in [3.05, 3.63) is 39.5 Å². The Labute approximate surface area is 151 Å². The molecule has 0 spiro atoms. The first-order valence-electron chi connectivity index (χ1n) is 5.75. The number of hydrogen-bond acceptors (Lipinski definition) is 4. The van der Waals surface area contributed by atoms with E-state index in [0.717, 1.165) is 26.5 Å². The van der Waals surface area contributed by atoms with Crippen LogP contribution in [0.15, 0.2) is 39.5 Å². The molecule has 0 saturated heterocycles. The Bertz CT molecular complexity index is 794. The van der Waals surface area contributed by atoms with E-state index < -0.39 is 0 Å². The fourth-order valence-corrected chi connectivity index (χ4v) is 3.19. The molecular weight excluding hydrogens is 409 g/mol. The summed E-state index contributed by atoms with van der Waals surface area (Å²) >= 11 is 5.13. The summed E-state index contributed by atoms with van der Waals surface area (Å²) in [6.07, 6.45) is 0. The monoisotopic (exact) mass is 419 g/mol. The number of rotatable bonds is 2. The first-order chi connectivity index (χ1) is 9.66. The summed E-state index contributed by atoms with van der Waals surface area (Å²) in [6.45, 7) is 0. The molecule has 2 aromatic heterocycles. The fourth-order valence-electron chi connectivity index (χ4n) is 1.99. The van der Waals surface area contributed by atoms with Crippen molar-refractivity contribution in [1.82, 2.24) is 10.2 Å². The minimum absolute atomic E-state index is 0. The molecule has 2 heterocycles. The zero-order valence-corrected chi connectivity index (χ0v) is 15.1. The molecule has 0 radical (unpaired) electrons. The van der Waals surface area contributed by atoms with Crippen LogP contribution in [0.1, 0.15) is 0 Å². The normalized spacial score (nSPS) is 9.68. The number of benzene rings is 1. The summed E-state index contributed by atoms with van der Waals surface area (Å²) in [5.74, 6) is 0.304. The summed E-state index contributed by atoms with van der Waals surface area (Å²) < 4.78 is 0.880. The van der Waals surface area contributed by atoms with Gasteiger partial charge in [0, 0.05) is 26.2 Å². The summed E-state index contributed by atoms with van der Waals surface area (Å²) in [5.41, 5.74) is 7.23. The Kier molecular flexibility index (Phi) is 6.55. The number of thiophene rings is 1. The number of halogens is 3. The van der Waals surface area contributed by atoms with Gasteiger partial charge in [-0.25, -0.2) is 0 Å². The Morgan fingerprint density at radius 1 is 1.23 bits per heavy atom. The molecule has 22 heavy (non-hydrogen) atoms. The minimum atomic E-state index is -0.167. The van der Waals surface area contributed by atoms with E-state index in [1.807, 2.05) is 35.0 Å². The van der Waals surface area contributed by atoms with Gasteiger partial charge in [-0.15, -0.1) is 35.0 Å². The minimum Gasteiger partial charge on any atom is -0.370 e. The van der Waals surface area contributed by atoms with E-state index in [0.29, 0.717) is 5.82 Å². The van der Waals surface area contributed by atoms with E-state index >= 15 is 0 Å². The first-order valence-corrected chi connectivity index (χ1v) is 7.49. The van der Waals surface area contributed by atoms with Crippen LogP contribution in [0.3, 0.4) is 0 Å². The van der Waals surface area contributed by atoms with E-state index in [4.69, 9.17) is 11.1 Å². The average Bonchev–Trinajstić information content (AvgIpc) is 2.92. The fraction of sp³-hybridized carbons (Fsp3) is 0. The van der Waals surface area contributed by atoms with Crippen LogP contribution in [-0.4, -0.2) is 16.2 Å². The van der Waals surface area contributed by atoms with Gasteiger partial charge in [0.25, 0.3) is 0 Å². The molecule has 0 amide bonds. The molecule has 0 aliphatic rings. The highest BCUT2D eigenvalue weighted by Gasteiger charge is 2.13. The first kappa shape index (κ1) is 18.6. The van der Waals surface area contributed by atoms with Gasteiger partial charge in [0.05, 0.1) is 0 Å². The van der Waals surface area contributed by atoms with Gasteiger partial charge < -0.3 is 11.1 Å². The van der Waals surface area contributed by atoms with E-state index in [9.17, 15) is 0 Å². The molecule has 0 saturated carbocycles. The van der Waals surface area contributed by atoms with E-state index in [2.05, 4.69) is 31.4 Å². The van der Waals surface area contributed by atoms with Gasteiger partial charge in [-0.3, -0.25) is 5.41 Å². The van der Waals surface area contributed by atoms with Crippen LogP contribution < -0.4 is 11.1 Å². The molecule has 0 atom stereocenters. The highest BCUT2D eigenvalue weighted by Crippen LogP contribution is 2.34. The van der Waals surface area contributed by atoms with Gasteiger partial charge in [-0.2, -0.15) is 11.3 Å². The molecule has 5 nitrogen and oxygen atoms in total. The van der Waals surface area contributed by atoms with Crippen molar-refractivity contribution in [3.63, 3.8) is 0 Å². The molecule has 0 aliphatic carbocycles. The number of nitrogens with two attached hydrogens (primary N) is 1. The van der Waals surface area contributed by atoms with Gasteiger partial charge in [-0.05, 0) is 17.5 Å². The molecule has 0 unspecified atom stereocenters. The lowest BCUT2D eigenvalue weighted by atomic mass is 10.1. The maximum atomic E-state index is 7.36. The standard InChI is InChI=1S/C13H10BrN5S.2ClH/c14-9-3-1-2-8-10(9)12(17-13(15)16)19-18-11(8)7-4-5-20-6-7;;/h1-6H,(H4,15,16,17,19);2*1H. The molecule has 0 fully saturated rings. The summed E-state index contributed by atoms with van der Waals surface area (Å²) in [7, 11) is 0. The van der Waals surface area contributed by atoms with Crippen LogP contribution in [0, 0.1) is 5.41 Å². The molecule has 9 heteroatoms. The Morgan fingerprint density at radius 2 is 2.00 bits per heavy atom.